The Morgan fingerprint density at radius 1 is 1.41 bits per heavy atom. The van der Waals surface area contributed by atoms with E-state index in [-0.39, 0.29) is 18.9 Å². The van der Waals surface area contributed by atoms with Crippen LogP contribution >= 0.6 is 0 Å². The summed E-state index contributed by atoms with van der Waals surface area (Å²) in [6.45, 7) is 2.01. The quantitative estimate of drug-likeness (QED) is 0.866. The van der Waals surface area contributed by atoms with Crippen molar-refractivity contribution in [2.75, 3.05) is 24.8 Å². The Morgan fingerprint density at radius 2 is 2.09 bits per heavy atom. The van der Waals surface area contributed by atoms with E-state index >= 15 is 0 Å². The molecular weight excluding hydrogens is 308 g/mol. The van der Waals surface area contributed by atoms with Gasteiger partial charge in [-0.25, -0.2) is 8.42 Å². The Morgan fingerprint density at radius 3 is 2.68 bits per heavy atom. The largest absolute Gasteiger partial charge is 0.495 e. The molecule has 22 heavy (non-hydrogen) atoms. The van der Waals surface area contributed by atoms with Gasteiger partial charge in [-0.2, -0.15) is 0 Å². The van der Waals surface area contributed by atoms with Crippen LogP contribution in [-0.4, -0.2) is 40.1 Å². The number of ether oxygens (including phenoxy) is 1. The van der Waals surface area contributed by atoms with Gasteiger partial charge < -0.3 is 9.64 Å². The molecule has 0 aromatic heterocycles. The van der Waals surface area contributed by atoms with Crippen molar-refractivity contribution in [3.8, 4) is 5.75 Å². The molecule has 1 N–H and O–H groups in total. The SMILES string of the molecule is COc1ccc(C)cc1N1CC(C(=O)NS(C)(=O)=O)CC1=O. The number of benzene rings is 1. The Kier molecular flexibility index (Phi) is 4.41. The number of methoxy groups -OCH3 is 1. The highest BCUT2D eigenvalue weighted by molar-refractivity contribution is 7.89. The molecule has 1 saturated heterocycles. The highest BCUT2D eigenvalue weighted by Crippen LogP contribution is 2.33. The maximum atomic E-state index is 12.2. The molecule has 1 atom stereocenters. The van der Waals surface area contributed by atoms with Crippen LogP contribution in [-0.2, 0) is 19.6 Å². The zero-order valence-electron chi connectivity index (χ0n) is 12.6. The Bertz CT molecular complexity index is 714. The minimum absolute atomic E-state index is 0.0293. The van der Waals surface area contributed by atoms with Gasteiger partial charge in [-0.1, -0.05) is 6.07 Å². The molecule has 1 aromatic rings. The summed E-state index contributed by atoms with van der Waals surface area (Å²) in [7, 11) is -2.13. The number of aryl methyl sites for hydroxylation is 1. The third kappa shape index (κ3) is 3.56. The Hall–Kier alpha value is -2.09. The summed E-state index contributed by atoms with van der Waals surface area (Å²) >= 11 is 0. The summed E-state index contributed by atoms with van der Waals surface area (Å²) in [4.78, 5) is 25.5. The van der Waals surface area contributed by atoms with E-state index in [1.54, 1.807) is 12.1 Å². The first-order chi connectivity index (χ1) is 10.2. The van der Waals surface area contributed by atoms with Crippen LogP contribution in [0.15, 0.2) is 18.2 Å². The molecule has 7 nitrogen and oxygen atoms in total. The zero-order valence-corrected chi connectivity index (χ0v) is 13.4. The van der Waals surface area contributed by atoms with Crippen molar-refractivity contribution in [3.63, 3.8) is 0 Å². The van der Waals surface area contributed by atoms with Crippen molar-refractivity contribution in [1.29, 1.82) is 0 Å². The highest BCUT2D eigenvalue weighted by atomic mass is 32.2. The van der Waals surface area contributed by atoms with Gasteiger partial charge in [0.05, 0.1) is 25.0 Å². The van der Waals surface area contributed by atoms with Crippen LogP contribution in [0.1, 0.15) is 12.0 Å². The van der Waals surface area contributed by atoms with E-state index in [4.69, 9.17) is 4.74 Å². The standard InChI is InChI=1S/C14H18N2O5S/c1-9-4-5-12(21-2)11(6-9)16-8-10(7-13(16)17)14(18)15-22(3,19)20/h4-6,10H,7-8H2,1-3H3,(H,15,18). The predicted molar refractivity (Wildman–Crippen MR) is 81.2 cm³/mol. The van der Waals surface area contributed by atoms with E-state index in [2.05, 4.69) is 0 Å². The zero-order chi connectivity index (χ0) is 16.5. The molecule has 0 spiro atoms. The molecule has 2 amide bonds. The van der Waals surface area contributed by atoms with Crippen molar-refractivity contribution in [1.82, 2.24) is 4.72 Å². The first-order valence-electron chi connectivity index (χ1n) is 6.68. The normalized spacial score (nSPS) is 18.4. The smallest absolute Gasteiger partial charge is 0.238 e. The summed E-state index contributed by atoms with van der Waals surface area (Å²) in [5, 5.41) is 0. The predicted octanol–water partition coefficient (Wildman–Crippen LogP) is 0.432. The molecule has 1 unspecified atom stereocenters. The lowest BCUT2D eigenvalue weighted by atomic mass is 10.1. The second-order valence-corrected chi connectivity index (χ2v) is 7.07. The van der Waals surface area contributed by atoms with Crippen LogP contribution in [0.25, 0.3) is 0 Å². The van der Waals surface area contributed by atoms with Gasteiger partial charge >= 0.3 is 0 Å². The molecule has 0 aliphatic carbocycles. The van der Waals surface area contributed by atoms with Crippen LogP contribution < -0.4 is 14.4 Å². The summed E-state index contributed by atoms with van der Waals surface area (Å²) in [6.07, 6.45) is 0.876. The number of rotatable bonds is 4. The van der Waals surface area contributed by atoms with Crippen molar-refractivity contribution in [2.45, 2.75) is 13.3 Å². The molecule has 1 aromatic carbocycles. The first-order valence-corrected chi connectivity index (χ1v) is 8.57. The van der Waals surface area contributed by atoms with Crippen LogP contribution in [0, 0.1) is 12.8 Å². The number of carbonyl (C=O) groups is 2. The second-order valence-electron chi connectivity index (χ2n) is 5.32. The van der Waals surface area contributed by atoms with E-state index in [0.717, 1.165) is 11.8 Å². The number of carbonyl (C=O) groups excluding carboxylic acids is 2. The van der Waals surface area contributed by atoms with Gasteiger partial charge in [-0.3, -0.25) is 14.3 Å². The molecule has 1 heterocycles. The van der Waals surface area contributed by atoms with Crippen molar-refractivity contribution in [3.05, 3.63) is 23.8 Å². The first kappa shape index (κ1) is 16.3. The van der Waals surface area contributed by atoms with Gasteiger partial charge in [0.2, 0.25) is 21.8 Å². The number of sulfonamides is 1. The molecule has 0 radical (unpaired) electrons. The average Bonchev–Trinajstić information content (AvgIpc) is 2.79. The number of nitrogens with one attached hydrogen (secondary N) is 1. The number of hydrogen-bond donors (Lipinski definition) is 1. The third-order valence-electron chi connectivity index (χ3n) is 3.41. The lowest BCUT2D eigenvalue weighted by Crippen LogP contribution is -2.36. The van der Waals surface area contributed by atoms with Crippen LogP contribution in [0.2, 0.25) is 0 Å². The molecule has 1 aliphatic heterocycles. The van der Waals surface area contributed by atoms with Crippen LogP contribution in [0.5, 0.6) is 5.75 Å². The molecular formula is C14H18N2O5S. The number of amides is 2. The molecule has 1 aliphatic rings. The minimum atomic E-state index is -3.63. The van der Waals surface area contributed by atoms with Gasteiger partial charge in [-0.15, -0.1) is 0 Å². The van der Waals surface area contributed by atoms with E-state index in [0.29, 0.717) is 11.4 Å². The lowest BCUT2D eigenvalue weighted by Gasteiger charge is -2.20. The van der Waals surface area contributed by atoms with Gasteiger partial charge in [0, 0.05) is 13.0 Å². The van der Waals surface area contributed by atoms with Crippen LogP contribution in [0.4, 0.5) is 5.69 Å². The van der Waals surface area contributed by atoms with Crippen molar-refractivity contribution >= 4 is 27.5 Å². The molecule has 0 bridgehead atoms. The molecule has 120 valence electrons. The summed E-state index contributed by atoms with van der Waals surface area (Å²) < 4.78 is 29.4. The number of hydrogen-bond acceptors (Lipinski definition) is 5. The molecule has 8 heteroatoms. The van der Waals surface area contributed by atoms with Gasteiger partial charge in [0.15, 0.2) is 0 Å². The van der Waals surface area contributed by atoms with Crippen LogP contribution in [0.3, 0.4) is 0 Å². The fourth-order valence-electron chi connectivity index (χ4n) is 2.39. The monoisotopic (exact) mass is 326 g/mol. The van der Waals surface area contributed by atoms with Crippen molar-refractivity contribution < 1.29 is 22.7 Å². The van der Waals surface area contributed by atoms with E-state index < -0.39 is 21.8 Å². The maximum Gasteiger partial charge on any atom is 0.238 e. The summed E-state index contributed by atoms with van der Waals surface area (Å²) in [5.41, 5.74) is 1.54. The van der Waals surface area contributed by atoms with Crippen molar-refractivity contribution in [2.24, 2.45) is 5.92 Å². The number of anilines is 1. The Balaban J connectivity index is 2.23. The molecule has 1 fully saturated rings. The van der Waals surface area contributed by atoms with Gasteiger partial charge in [0.1, 0.15) is 5.75 Å². The Labute approximate surface area is 129 Å². The topological polar surface area (TPSA) is 92.8 Å². The summed E-state index contributed by atoms with van der Waals surface area (Å²) in [6, 6.07) is 5.41. The number of nitrogens with zero attached hydrogens (tertiary/aromatic N) is 1. The maximum absolute atomic E-state index is 12.2. The molecule has 0 saturated carbocycles. The van der Waals surface area contributed by atoms with E-state index in [1.807, 2.05) is 17.7 Å². The van der Waals surface area contributed by atoms with Gasteiger partial charge in [0.25, 0.3) is 0 Å². The highest BCUT2D eigenvalue weighted by Gasteiger charge is 2.37. The minimum Gasteiger partial charge on any atom is -0.495 e. The molecule has 2 rings (SSSR count). The summed E-state index contributed by atoms with van der Waals surface area (Å²) in [5.74, 6) is -1.07. The second kappa shape index (κ2) is 5.96. The van der Waals surface area contributed by atoms with E-state index in [1.165, 1.54) is 12.0 Å². The van der Waals surface area contributed by atoms with Gasteiger partial charge in [-0.05, 0) is 24.6 Å². The lowest BCUT2D eigenvalue weighted by molar-refractivity contribution is -0.124. The average molecular weight is 326 g/mol. The fourth-order valence-corrected chi connectivity index (χ4v) is 2.93. The fraction of sp³-hybridized carbons (Fsp3) is 0.429. The third-order valence-corrected chi connectivity index (χ3v) is 3.98. The van der Waals surface area contributed by atoms with E-state index in [9.17, 15) is 18.0 Å².